The fourth-order valence-corrected chi connectivity index (χ4v) is 2.97. The van der Waals surface area contributed by atoms with Gasteiger partial charge in [0.1, 0.15) is 0 Å². The van der Waals surface area contributed by atoms with Crippen LogP contribution in [0.5, 0.6) is 0 Å². The van der Waals surface area contributed by atoms with E-state index >= 15 is 0 Å². The maximum Gasteiger partial charge on any atom is 0.0412 e. The summed E-state index contributed by atoms with van der Waals surface area (Å²) in [6.07, 6.45) is 1.09. The first-order valence-corrected chi connectivity index (χ1v) is 7.97. The average Bonchev–Trinajstić information content (AvgIpc) is 2.53. The second-order valence-electron chi connectivity index (χ2n) is 6.17. The second-order valence-corrected chi connectivity index (χ2v) is 6.17. The van der Waals surface area contributed by atoms with Gasteiger partial charge in [0.25, 0.3) is 0 Å². The van der Waals surface area contributed by atoms with Gasteiger partial charge < -0.3 is 5.32 Å². The summed E-state index contributed by atoms with van der Waals surface area (Å²) in [4.78, 5) is 0. The minimum absolute atomic E-state index is 0.0466. The summed E-state index contributed by atoms with van der Waals surface area (Å²) in [6, 6.07) is 20.2. The lowest BCUT2D eigenvalue weighted by atomic mass is 9.74. The van der Waals surface area contributed by atoms with E-state index in [4.69, 9.17) is 0 Å². The van der Waals surface area contributed by atoms with Crippen molar-refractivity contribution in [2.45, 2.75) is 45.6 Å². The van der Waals surface area contributed by atoms with E-state index in [-0.39, 0.29) is 5.41 Å². The lowest BCUT2D eigenvalue weighted by Gasteiger charge is -2.36. The Kier molecular flexibility index (Phi) is 5.19. The van der Waals surface area contributed by atoms with Gasteiger partial charge in [0.05, 0.1) is 0 Å². The van der Waals surface area contributed by atoms with Gasteiger partial charge in [-0.3, -0.25) is 0 Å². The fourth-order valence-electron chi connectivity index (χ4n) is 2.97. The molecule has 0 fully saturated rings. The quantitative estimate of drug-likeness (QED) is 0.796. The molecular weight excluding hydrogens is 254 g/mol. The summed E-state index contributed by atoms with van der Waals surface area (Å²) in [5.74, 6) is 0. The summed E-state index contributed by atoms with van der Waals surface area (Å²) in [5.41, 5.74) is 4.18. The molecule has 1 N–H and O–H groups in total. The van der Waals surface area contributed by atoms with Crippen molar-refractivity contribution in [1.82, 2.24) is 5.32 Å². The van der Waals surface area contributed by atoms with Gasteiger partial charge in [0.2, 0.25) is 0 Å². The maximum absolute atomic E-state index is 3.68. The number of aryl methyl sites for hydroxylation is 1. The highest BCUT2D eigenvalue weighted by Gasteiger charge is 2.31. The SMILES string of the molecule is CCNC(c1ccc(CC)cc1)C(C)(C)c1ccccc1. The van der Waals surface area contributed by atoms with Crippen molar-refractivity contribution in [2.75, 3.05) is 6.54 Å². The maximum atomic E-state index is 3.68. The number of benzene rings is 2. The molecule has 1 atom stereocenters. The van der Waals surface area contributed by atoms with Crippen LogP contribution in [0.2, 0.25) is 0 Å². The summed E-state index contributed by atoms with van der Waals surface area (Å²) >= 11 is 0. The predicted molar refractivity (Wildman–Crippen MR) is 91.7 cm³/mol. The van der Waals surface area contributed by atoms with Gasteiger partial charge in [0.15, 0.2) is 0 Å². The van der Waals surface area contributed by atoms with Crippen LogP contribution in [-0.2, 0) is 11.8 Å². The lowest BCUT2D eigenvalue weighted by Crippen LogP contribution is -2.37. The predicted octanol–water partition coefficient (Wildman–Crippen LogP) is 4.88. The first kappa shape index (κ1) is 15.8. The van der Waals surface area contributed by atoms with Crippen LogP contribution >= 0.6 is 0 Å². The topological polar surface area (TPSA) is 12.0 Å². The smallest absolute Gasteiger partial charge is 0.0412 e. The summed E-state index contributed by atoms with van der Waals surface area (Å²) in [6.45, 7) is 9.99. The Balaban J connectivity index is 2.37. The Labute approximate surface area is 129 Å². The molecule has 2 rings (SSSR count). The van der Waals surface area contributed by atoms with Crippen LogP contribution in [0.25, 0.3) is 0 Å². The molecule has 2 aromatic rings. The van der Waals surface area contributed by atoms with Crippen LogP contribution in [0.4, 0.5) is 0 Å². The van der Waals surface area contributed by atoms with Crippen molar-refractivity contribution >= 4 is 0 Å². The third kappa shape index (κ3) is 3.54. The highest BCUT2D eigenvalue weighted by molar-refractivity contribution is 5.33. The average molecular weight is 281 g/mol. The zero-order valence-corrected chi connectivity index (χ0v) is 13.7. The van der Waals surface area contributed by atoms with Crippen molar-refractivity contribution in [2.24, 2.45) is 0 Å². The molecule has 2 aromatic carbocycles. The van der Waals surface area contributed by atoms with Crippen LogP contribution in [0.3, 0.4) is 0 Å². The van der Waals surface area contributed by atoms with Gasteiger partial charge >= 0.3 is 0 Å². The molecule has 0 radical (unpaired) electrons. The molecule has 0 amide bonds. The summed E-state index contributed by atoms with van der Waals surface area (Å²) < 4.78 is 0. The standard InChI is InChI=1S/C20H27N/c1-5-16-12-14-17(15-13-16)19(21-6-2)20(3,4)18-10-8-7-9-11-18/h7-15,19,21H,5-6H2,1-4H3. The molecule has 0 saturated heterocycles. The molecule has 0 aliphatic carbocycles. The van der Waals surface area contributed by atoms with Crippen molar-refractivity contribution < 1.29 is 0 Å². The van der Waals surface area contributed by atoms with E-state index in [9.17, 15) is 0 Å². The molecule has 112 valence electrons. The van der Waals surface area contributed by atoms with Crippen molar-refractivity contribution in [3.63, 3.8) is 0 Å². The van der Waals surface area contributed by atoms with Gasteiger partial charge in [-0.1, -0.05) is 82.3 Å². The Morgan fingerprint density at radius 3 is 2.05 bits per heavy atom. The zero-order chi connectivity index (χ0) is 15.3. The van der Waals surface area contributed by atoms with Crippen LogP contribution in [-0.4, -0.2) is 6.54 Å². The normalized spacial score (nSPS) is 13.1. The van der Waals surface area contributed by atoms with Gasteiger partial charge in [0, 0.05) is 11.5 Å². The lowest BCUT2D eigenvalue weighted by molar-refractivity contribution is 0.354. The van der Waals surface area contributed by atoms with E-state index in [0.717, 1.165) is 13.0 Å². The van der Waals surface area contributed by atoms with E-state index in [1.54, 1.807) is 0 Å². The largest absolute Gasteiger partial charge is 0.309 e. The van der Waals surface area contributed by atoms with Crippen molar-refractivity contribution in [1.29, 1.82) is 0 Å². The number of likely N-dealkylation sites (N-methyl/N-ethyl adjacent to an activating group) is 1. The third-order valence-electron chi connectivity index (χ3n) is 4.37. The molecule has 0 spiro atoms. The summed E-state index contributed by atoms with van der Waals surface area (Å²) in [5, 5.41) is 3.68. The zero-order valence-electron chi connectivity index (χ0n) is 13.7. The van der Waals surface area contributed by atoms with E-state index in [1.807, 2.05) is 0 Å². The second kappa shape index (κ2) is 6.91. The Hall–Kier alpha value is -1.60. The van der Waals surface area contributed by atoms with E-state index < -0.39 is 0 Å². The molecule has 21 heavy (non-hydrogen) atoms. The third-order valence-corrected chi connectivity index (χ3v) is 4.37. The Bertz CT molecular complexity index is 540. The molecule has 1 nitrogen and oxygen atoms in total. The molecule has 0 aliphatic rings. The molecule has 1 heteroatoms. The van der Waals surface area contributed by atoms with Crippen molar-refractivity contribution in [3.8, 4) is 0 Å². The summed E-state index contributed by atoms with van der Waals surface area (Å²) in [7, 11) is 0. The van der Waals surface area contributed by atoms with Gasteiger partial charge in [-0.05, 0) is 29.7 Å². The Morgan fingerprint density at radius 2 is 1.52 bits per heavy atom. The van der Waals surface area contributed by atoms with E-state index in [2.05, 4.69) is 87.6 Å². The van der Waals surface area contributed by atoms with Crippen LogP contribution < -0.4 is 5.32 Å². The van der Waals surface area contributed by atoms with Gasteiger partial charge in [-0.25, -0.2) is 0 Å². The Morgan fingerprint density at radius 1 is 0.905 bits per heavy atom. The monoisotopic (exact) mass is 281 g/mol. The van der Waals surface area contributed by atoms with Crippen LogP contribution in [0.1, 0.15) is 50.4 Å². The molecule has 0 heterocycles. The molecule has 1 unspecified atom stereocenters. The molecule has 0 aromatic heterocycles. The minimum Gasteiger partial charge on any atom is -0.309 e. The molecule has 0 aliphatic heterocycles. The van der Waals surface area contributed by atoms with Crippen molar-refractivity contribution in [3.05, 3.63) is 71.3 Å². The van der Waals surface area contributed by atoms with Crippen LogP contribution in [0.15, 0.2) is 54.6 Å². The van der Waals surface area contributed by atoms with E-state index in [0.29, 0.717) is 6.04 Å². The number of nitrogens with one attached hydrogen (secondary N) is 1. The first-order valence-electron chi connectivity index (χ1n) is 7.97. The van der Waals surface area contributed by atoms with Gasteiger partial charge in [-0.2, -0.15) is 0 Å². The molecule has 0 bridgehead atoms. The minimum atomic E-state index is 0.0466. The number of rotatable bonds is 6. The highest BCUT2D eigenvalue weighted by Crippen LogP contribution is 2.36. The number of hydrogen-bond acceptors (Lipinski definition) is 1. The first-order chi connectivity index (χ1) is 10.1. The van der Waals surface area contributed by atoms with Crippen LogP contribution in [0, 0.1) is 0 Å². The van der Waals surface area contributed by atoms with Gasteiger partial charge in [-0.15, -0.1) is 0 Å². The molecular formula is C20H27N. The number of hydrogen-bond donors (Lipinski definition) is 1. The fraction of sp³-hybridized carbons (Fsp3) is 0.400. The highest BCUT2D eigenvalue weighted by atomic mass is 14.9. The molecule has 0 saturated carbocycles. The van der Waals surface area contributed by atoms with E-state index in [1.165, 1.54) is 16.7 Å².